The Balaban J connectivity index is 1.66. The van der Waals surface area contributed by atoms with Crippen LogP contribution in [0.4, 0.5) is 0 Å². The van der Waals surface area contributed by atoms with E-state index < -0.39 is 0 Å². The maximum atomic E-state index is 12.4. The Labute approximate surface area is 157 Å². The Kier molecular flexibility index (Phi) is 5.87. The number of aromatic nitrogens is 5. The molecule has 1 aromatic carbocycles. The molecule has 3 aromatic rings. The van der Waals surface area contributed by atoms with E-state index in [1.54, 1.807) is 31.8 Å². The summed E-state index contributed by atoms with van der Waals surface area (Å²) in [4.78, 5) is 21.3. The van der Waals surface area contributed by atoms with Crippen LogP contribution < -0.4 is 5.32 Å². The quantitative estimate of drug-likeness (QED) is 0.686. The summed E-state index contributed by atoms with van der Waals surface area (Å²) >= 11 is 0. The van der Waals surface area contributed by atoms with Crippen molar-refractivity contribution >= 4 is 5.91 Å². The van der Waals surface area contributed by atoms with E-state index in [9.17, 15) is 4.79 Å². The van der Waals surface area contributed by atoms with Gasteiger partial charge in [0.05, 0.1) is 30.2 Å². The van der Waals surface area contributed by atoms with Crippen molar-refractivity contribution < 1.29 is 9.53 Å². The predicted molar refractivity (Wildman–Crippen MR) is 100 cm³/mol. The number of carbonyl (C=O) groups excluding carboxylic acids is 1. The van der Waals surface area contributed by atoms with Crippen LogP contribution in [0.3, 0.4) is 0 Å². The topological polar surface area (TPSA) is 94.8 Å². The van der Waals surface area contributed by atoms with Crippen LogP contribution in [0.1, 0.15) is 27.6 Å². The van der Waals surface area contributed by atoms with E-state index in [1.807, 2.05) is 30.5 Å². The first-order valence-electron chi connectivity index (χ1n) is 8.63. The summed E-state index contributed by atoms with van der Waals surface area (Å²) in [7, 11) is 1.64. The molecule has 0 bridgehead atoms. The van der Waals surface area contributed by atoms with Crippen LogP contribution >= 0.6 is 0 Å². The zero-order valence-corrected chi connectivity index (χ0v) is 15.6. The minimum absolute atomic E-state index is 0.171. The molecule has 2 aromatic heterocycles. The van der Waals surface area contributed by atoms with Crippen LogP contribution in [0.15, 0.2) is 36.8 Å². The number of hydrogen-bond donors (Lipinski definition) is 1. The Bertz CT molecular complexity index is 920. The Morgan fingerprint density at radius 1 is 1.22 bits per heavy atom. The van der Waals surface area contributed by atoms with Crippen LogP contribution in [0.2, 0.25) is 0 Å². The van der Waals surface area contributed by atoms with Crippen molar-refractivity contribution in [2.45, 2.75) is 26.9 Å². The molecular weight excluding hydrogens is 344 g/mol. The number of amides is 1. The van der Waals surface area contributed by atoms with Gasteiger partial charge in [0.2, 0.25) is 0 Å². The van der Waals surface area contributed by atoms with E-state index in [0.29, 0.717) is 31.1 Å². The largest absolute Gasteiger partial charge is 0.383 e. The third kappa shape index (κ3) is 4.53. The fourth-order valence-corrected chi connectivity index (χ4v) is 2.64. The van der Waals surface area contributed by atoms with Gasteiger partial charge in [-0.05, 0) is 26.0 Å². The lowest BCUT2D eigenvalue weighted by molar-refractivity contribution is 0.0949. The monoisotopic (exact) mass is 366 g/mol. The number of hydrogen-bond acceptors (Lipinski definition) is 6. The minimum atomic E-state index is -0.171. The molecule has 0 spiro atoms. The molecule has 0 aliphatic carbocycles. The first-order chi connectivity index (χ1) is 13.1. The first-order valence-corrected chi connectivity index (χ1v) is 8.63. The van der Waals surface area contributed by atoms with Gasteiger partial charge in [0.15, 0.2) is 5.82 Å². The average molecular weight is 366 g/mol. The minimum Gasteiger partial charge on any atom is -0.383 e. The van der Waals surface area contributed by atoms with Gasteiger partial charge in [0.25, 0.3) is 5.91 Å². The van der Waals surface area contributed by atoms with Crippen LogP contribution in [0, 0.1) is 13.8 Å². The number of carbonyl (C=O) groups is 1. The number of nitrogens with zero attached hydrogens (tertiary/aromatic N) is 5. The molecule has 8 nitrogen and oxygen atoms in total. The normalized spacial score (nSPS) is 10.8. The van der Waals surface area contributed by atoms with Gasteiger partial charge in [-0.1, -0.05) is 12.1 Å². The summed E-state index contributed by atoms with van der Waals surface area (Å²) in [5, 5.41) is 10.8. The highest BCUT2D eigenvalue weighted by Crippen LogP contribution is 2.20. The smallest absolute Gasteiger partial charge is 0.251 e. The first kappa shape index (κ1) is 18.7. The van der Waals surface area contributed by atoms with Crippen LogP contribution in [0.25, 0.3) is 11.3 Å². The summed E-state index contributed by atoms with van der Waals surface area (Å²) in [5.74, 6) is 0.512. The maximum absolute atomic E-state index is 12.4. The molecule has 0 aliphatic heterocycles. The molecule has 0 fully saturated rings. The van der Waals surface area contributed by atoms with E-state index >= 15 is 0 Å². The number of methoxy groups -OCH3 is 1. The fourth-order valence-electron chi connectivity index (χ4n) is 2.64. The second-order valence-electron chi connectivity index (χ2n) is 6.14. The number of rotatable bonds is 7. The standard InChI is InChI=1S/C19H22N6O2/c1-13-10-20-14(2)18(23-13)15-4-6-16(7-5-15)19(26)21-11-17-24-22-12-25(17)8-9-27-3/h4-7,10,12H,8-9,11H2,1-3H3,(H,21,26). The van der Waals surface area contributed by atoms with Gasteiger partial charge in [-0.3, -0.25) is 9.78 Å². The zero-order chi connectivity index (χ0) is 19.2. The van der Waals surface area contributed by atoms with Crippen LogP contribution in [-0.2, 0) is 17.8 Å². The molecular formula is C19H22N6O2. The van der Waals surface area contributed by atoms with Gasteiger partial charge in [-0.25, -0.2) is 4.98 Å². The molecule has 0 saturated heterocycles. The second-order valence-corrected chi connectivity index (χ2v) is 6.14. The van der Waals surface area contributed by atoms with E-state index in [-0.39, 0.29) is 5.91 Å². The van der Waals surface area contributed by atoms with Crippen molar-refractivity contribution in [1.82, 2.24) is 30.0 Å². The third-order valence-corrected chi connectivity index (χ3v) is 4.14. The second kappa shape index (κ2) is 8.50. The number of ether oxygens (including phenoxy) is 1. The average Bonchev–Trinajstić information content (AvgIpc) is 3.14. The lowest BCUT2D eigenvalue weighted by Gasteiger charge is -2.09. The number of aryl methyl sites for hydroxylation is 2. The summed E-state index contributed by atoms with van der Waals surface area (Å²) < 4.78 is 6.91. The number of benzene rings is 1. The van der Waals surface area contributed by atoms with Gasteiger partial charge < -0.3 is 14.6 Å². The van der Waals surface area contributed by atoms with Crippen LogP contribution in [0.5, 0.6) is 0 Å². The highest BCUT2D eigenvalue weighted by atomic mass is 16.5. The van der Waals surface area contributed by atoms with Gasteiger partial charge in [-0.15, -0.1) is 10.2 Å². The summed E-state index contributed by atoms with van der Waals surface area (Å²) in [5.41, 5.74) is 4.04. The van der Waals surface area contributed by atoms with E-state index in [0.717, 1.165) is 22.6 Å². The van der Waals surface area contributed by atoms with E-state index in [1.165, 1.54) is 0 Å². The van der Waals surface area contributed by atoms with Gasteiger partial charge >= 0.3 is 0 Å². The lowest BCUT2D eigenvalue weighted by atomic mass is 10.1. The highest BCUT2D eigenvalue weighted by Gasteiger charge is 2.10. The lowest BCUT2D eigenvalue weighted by Crippen LogP contribution is -2.25. The fraction of sp³-hybridized carbons (Fsp3) is 0.316. The SMILES string of the molecule is COCCn1cnnc1CNC(=O)c1ccc(-c2nc(C)cnc2C)cc1. The third-order valence-electron chi connectivity index (χ3n) is 4.14. The molecule has 0 radical (unpaired) electrons. The maximum Gasteiger partial charge on any atom is 0.251 e. The van der Waals surface area contributed by atoms with Crippen molar-refractivity contribution in [3.05, 3.63) is 59.6 Å². The molecule has 8 heteroatoms. The molecule has 27 heavy (non-hydrogen) atoms. The van der Waals surface area contributed by atoms with Crippen LogP contribution in [-0.4, -0.2) is 44.4 Å². The summed E-state index contributed by atoms with van der Waals surface area (Å²) in [6.07, 6.45) is 3.37. The Morgan fingerprint density at radius 3 is 2.74 bits per heavy atom. The molecule has 0 atom stereocenters. The van der Waals surface area contributed by atoms with Crippen molar-refractivity contribution in [1.29, 1.82) is 0 Å². The summed E-state index contributed by atoms with van der Waals surface area (Å²) in [6, 6.07) is 7.33. The molecule has 140 valence electrons. The number of nitrogens with one attached hydrogen (secondary N) is 1. The van der Waals surface area contributed by atoms with Gasteiger partial charge in [-0.2, -0.15) is 0 Å². The van der Waals surface area contributed by atoms with Crippen molar-refractivity contribution in [2.24, 2.45) is 0 Å². The molecule has 3 rings (SSSR count). The highest BCUT2D eigenvalue weighted by molar-refractivity contribution is 5.94. The molecule has 0 saturated carbocycles. The van der Waals surface area contributed by atoms with Crippen molar-refractivity contribution in [3.63, 3.8) is 0 Å². The zero-order valence-electron chi connectivity index (χ0n) is 15.6. The van der Waals surface area contributed by atoms with E-state index in [4.69, 9.17) is 4.74 Å². The molecule has 2 heterocycles. The molecule has 0 aliphatic rings. The molecule has 0 unspecified atom stereocenters. The predicted octanol–water partition coefficient (Wildman–Crippen LogP) is 1.93. The Morgan fingerprint density at radius 2 is 2.00 bits per heavy atom. The molecule has 1 amide bonds. The Hall–Kier alpha value is -3.13. The summed E-state index contributed by atoms with van der Waals surface area (Å²) in [6.45, 7) is 5.32. The molecule has 1 N–H and O–H groups in total. The van der Waals surface area contributed by atoms with Gasteiger partial charge in [0, 0.05) is 31.0 Å². The van der Waals surface area contributed by atoms with Gasteiger partial charge in [0.1, 0.15) is 6.33 Å². The van der Waals surface area contributed by atoms with Crippen molar-refractivity contribution in [3.8, 4) is 11.3 Å². The van der Waals surface area contributed by atoms with Crippen molar-refractivity contribution in [2.75, 3.05) is 13.7 Å². The van der Waals surface area contributed by atoms with E-state index in [2.05, 4.69) is 25.5 Å².